The first-order chi connectivity index (χ1) is 13.9. The lowest BCUT2D eigenvalue weighted by Crippen LogP contribution is -2.15. The quantitative estimate of drug-likeness (QED) is 0.393. The highest BCUT2D eigenvalue weighted by Gasteiger charge is 2.15. The Morgan fingerprint density at radius 1 is 1.14 bits per heavy atom. The van der Waals surface area contributed by atoms with E-state index in [1.807, 2.05) is 0 Å². The molecular formula is C19H13ClF3N3O2S. The molecule has 0 fully saturated rings. The number of carbonyl (C=O) groups is 1. The van der Waals surface area contributed by atoms with Gasteiger partial charge in [-0.3, -0.25) is 4.79 Å². The Bertz CT molecular complexity index is 989. The summed E-state index contributed by atoms with van der Waals surface area (Å²) in [6.45, 7) is -2.93. The number of hydrogen-bond acceptors (Lipinski definition) is 5. The summed E-state index contributed by atoms with van der Waals surface area (Å²) in [5.74, 6) is -0.454. The Hall–Kier alpha value is -2.78. The first-order valence-electron chi connectivity index (χ1n) is 8.17. The lowest BCUT2D eigenvalue weighted by Gasteiger charge is -2.09. The highest BCUT2D eigenvalue weighted by Crippen LogP contribution is 2.23. The average Bonchev–Trinajstić information content (AvgIpc) is 2.69. The molecule has 0 aliphatic heterocycles. The number of benzene rings is 2. The van der Waals surface area contributed by atoms with Crippen LogP contribution in [0, 0.1) is 5.82 Å². The molecule has 1 aromatic heterocycles. The van der Waals surface area contributed by atoms with Gasteiger partial charge in [-0.15, -0.1) is 0 Å². The van der Waals surface area contributed by atoms with Crippen molar-refractivity contribution in [2.45, 2.75) is 17.5 Å². The van der Waals surface area contributed by atoms with Gasteiger partial charge in [0.25, 0.3) is 5.91 Å². The van der Waals surface area contributed by atoms with Gasteiger partial charge in [-0.1, -0.05) is 35.5 Å². The minimum absolute atomic E-state index is 0.0300. The van der Waals surface area contributed by atoms with Crippen molar-refractivity contribution in [1.29, 1.82) is 0 Å². The summed E-state index contributed by atoms with van der Waals surface area (Å²) < 4.78 is 41.6. The van der Waals surface area contributed by atoms with Crippen molar-refractivity contribution >= 4 is 35.0 Å². The monoisotopic (exact) mass is 439 g/mol. The van der Waals surface area contributed by atoms with E-state index in [2.05, 4.69) is 20.0 Å². The van der Waals surface area contributed by atoms with E-state index in [0.717, 1.165) is 5.56 Å². The molecule has 1 heterocycles. The molecule has 29 heavy (non-hydrogen) atoms. The lowest BCUT2D eigenvalue weighted by atomic mass is 10.2. The molecule has 0 bridgehead atoms. The Morgan fingerprint density at radius 3 is 2.48 bits per heavy atom. The first kappa shape index (κ1) is 20.9. The summed E-state index contributed by atoms with van der Waals surface area (Å²) >= 11 is 7.30. The summed E-state index contributed by atoms with van der Waals surface area (Å²) in [6.07, 6.45) is 1.32. The number of aromatic nitrogens is 2. The van der Waals surface area contributed by atoms with E-state index in [0.29, 0.717) is 16.6 Å². The van der Waals surface area contributed by atoms with Crippen LogP contribution in [0.5, 0.6) is 5.75 Å². The van der Waals surface area contributed by atoms with Crippen LogP contribution in [0.25, 0.3) is 0 Å². The molecule has 3 rings (SSSR count). The number of nitrogens with one attached hydrogen (secondary N) is 1. The summed E-state index contributed by atoms with van der Waals surface area (Å²) in [5, 5.41) is 2.96. The molecule has 0 aliphatic rings. The summed E-state index contributed by atoms with van der Waals surface area (Å²) in [5.41, 5.74) is 1.19. The fourth-order valence-corrected chi connectivity index (χ4v) is 3.17. The van der Waals surface area contributed by atoms with Crippen LogP contribution in [0.4, 0.5) is 18.9 Å². The topological polar surface area (TPSA) is 64.1 Å². The first-order valence-corrected chi connectivity index (χ1v) is 9.53. The zero-order chi connectivity index (χ0) is 20.8. The van der Waals surface area contributed by atoms with Gasteiger partial charge in [0.1, 0.15) is 11.6 Å². The normalized spacial score (nSPS) is 10.8. The van der Waals surface area contributed by atoms with Crippen LogP contribution in [0.15, 0.2) is 59.9 Å². The molecule has 0 aliphatic carbocycles. The van der Waals surface area contributed by atoms with E-state index >= 15 is 0 Å². The molecular weight excluding hydrogens is 427 g/mol. The third-order valence-corrected chi connectivity index (χ3v) is 4.76. The molecule has 0 unspecified atom stereocenters. The number of hydrogen-bond donors (Lipinski definition) is 1. The number of anilines is 1. The van der Waals surface area contributed by atoms with E-state index in [1.165, 1.54) is 54.4 Å². The summed E-state index contributed by atoms with van der Waals surface area (Å²) in [4.78, 5) is 20.7. The third-order valence-electron chi connectivity index (χ3n) is 3.56. The highest BCUT2D eigenvalue weighted by atomic mass is 35.5. The molecule has 150 valence electrons. The van der Waals surface area contributed by atoms with E-state index in [9.17, 15) is 18.0 Å². The number of nitrogens with zero attached hydrogens (tertiary/aromatic N) is 2. The third kappa shape index (κ3) is 6.10. The molecule has 3 aromatic rings. The van der Waals surface area contributed by atoms with Crippen LogP contribution in [0.1, 0.15) is 16.1 Å². The van der Waals surface area contributed by atoms with Gasteiger partial charge >= 0.3 is 6.61 Å². The SMILES string of the molecule is O=C(Nc1ccc(OC(F)F)cc1)c1nc(SCc2ccc(F)cc2)ncc1Cl. The standard InChI is InChI=1S/C19H13ClF3N3O2S/c20-15-9-24-19(29-10-11-1-3-12(21)4-2-11)26-16(15)17(27)25-13-5-7-14(8-6-13)28-18(22)23/h1-9,18H,10H2,(H,25,27). The number of carbonyl (C=O) groups excluding carboxylic acids is 1. The lowest BCUT2D eigenvalue weighted by molar-refractivity contribution is -0.0498. The Kier molecular flexibility index (Phi) is 6.95. The summed E-state index contributed by atoms with van der Waals surface area (Å²) in [7, 11) is 0. The van der Waals surface area contributed by atoms with Crippen LogP contribution in [0.2, 0.25) is 5.02 Å². The van der Waals surface area contributed by atoms with Crippen LogP contribution in [-0.4, -0.2) is 22.5 Å². The predicted octanol–water partition coefficient (Wildman–Crippen LogP) is 5.42. The van der Waals surface area contributed by atoms with Gasteiger partial charge in [0, 0.05) is 11.4 Å². The molecule has 0 radical (unpaired) electrons. The van der Waals surface area contributed by atoms with Gasteiger partial charge in [-0.05, 0) is 42.0 Å². The molecule has 10 heteroatoms. The minimum Gasteiger partial charge on any atom is -0.435 e. The number of thioether (sulfide) groups is 1. The van der Waals surface area contributed by atoms with E-state index in [-0.39, 0.29) is 22.3 Å². The Morgan fingerprint density at radius 2 is 1.83 bits per heavy atom. The zero-order valence-corrected chi connectivity index (χ0v) is 16.2. The largest absolute Gasteiger partial charge is 0.435 e. The maximum atomic E-state index is 13.0. The van der Waals surface area contributed by atoms with Crippen molar-refractivity contribution < 1.29 is 22.7 Å². The van der Waals surface area contributed by atoms with Gasteiger partial charge in [0.05, 0.1) is 11.2 Å². The molecule has 0 saturated carbocycles. The van der Waals surface area contributed by atoms with Crippen LogP contribution in [-0.2, 0) is 5.75 Å². The second kappa shape index (κ2) is 9.62. The molecule has 0 atom stereocenters. The van der Waals surface area contributed by atoms with Crippen molar-refractivity contribution in [2.75, 3.05) is 5.32 Å². The number of halogens is 4. The second-order valence-electron chi connectivity index (χ2n) is 5.62. The average molecular weight is 440 g/mol. The molecule has 5 nitrogen and oxygen atoms in total. The maximum Gasteiger partial charge on any atom is 0.387 e. The van der Waals surface area contributed by atoms with Crippen LogP contribution in [0.3, 0.4) is 0 Å². The van der Waals surface area contributed by atoms with E-state index in [4.69, 9.17) is 11.6 Å². The second-order valence-corrected chi connectivity index (χ2v) is 6.97. The van der Waals surface area contributed by atoms with Gasteiger partial charge in [0.15, 0.2) is 10.9 Å². The summed E-state index contributed by atoms with van der Waals surface area (Å²) in [6, 6.07) is 11.4. The fourth-order valence-electron chi connectivity index (χ4n) is 2.22. The van der Waals surface area contributed by atoms with Gasteiger partial charge < -0.3 is 10.1 Å². The van der Waals surface area contributed by atoms with Crippen molar-refractivity contribution in [3.8, 4) is 5.75 Å². The Labute approximate surface area is 173 Å². The maximum absolute atomic E-state index is 13.0. The molecule has 1 amide bonds. The van der Waals surface area contributed by atoms with Crippen LogP contribution >= 0.6 is 23.4 Å². The van der Waals surface area contributed by atoms with Gasteiger partial charge in [0.2, 0.25) is 0 Å². The zero-order valence-electron chi connectivity index (χ0n) is 14.6. The number of alkyl halides is 2. The van der Waals surface area contributed by atoms with Gasteiger partial charge in [-0.2, -0.15) is 8.78 Å². The number of ether oxygens (including phenoxy) is 1. The predicted molar refractivity (Wildman–Crippen MR) is 104 cm³/mol. The van der Waals surface area contributed by atoms with Crippen molar-refractivity contribution in [3.05, 3.63) is 76.8 Å². The minimum atomic E-state index is -2.93. The van der Waals surface area contributed by atoms with E-state index < -0.39 is 12.5 Å². The molecule has 2 aromatic carbocycles. The molecule has 0 saturated heterocycles. The number of amides is 1. The Balaban J connectivity index is 1.66. The molecule has 1 N–H and O–H groups in total. The van der Waals surface area contributed by atoms with Crippen molar-refractivity contribution in [3.63, 3.8) is 0 Å². The smallest absolute Gasteiger partial charge is 0.387 e. The van der Waals surface area contributed by atoms with Gasteiger partial charge in [-0.25, -0.2) is 14.4 Å². The fraction of sp³-hybridized carbons (Fsp3) is 0.105. The van der Waals surface area contributed by atoms with E-state index in [1.54, 1.807) is 12.1 Å². The van der Waals surface area contributed by atoms with Crippen LogP contribution < -0.4 is 10.1 Å². The molecule has 0 spiro atoms. The van der Waals surface area contributed by atoms with Crippen molar-refractivity contribution in [1.82, 2.24) is 9.97 Å². The highest BCUT2D eigenvalue weighted by molar-refractivity contribution is 7.98. The van der Waals surface area contributed by atoms with Crippen molar-refractivity contribution in [2.24, 2.45) is 0 Å². The number of rotatable bonds is 7.